The van der Waals surface area contributed by atoms with Crippen LogP contribution in [0, 0.1) is 56.7 Å². The van der Waals surface area contributed by atoms with Crippen molar-refractivity contribution in [2.45, 2.75) is 137 Å². The molecule has 1 saturated heterocycles. The molecule has 0 bridgehead atoms. The molecule has 0 atom stereocenters. The van der Waals surface area contributed by atoms with E-state index < -0.39 is 55.4 Å². The van der Waals surface area contributed by atoms with Crippen LogP contribution in [0.15, 0.2) is 212 Å². The van der Waals surface area contributed by atoms with Crippen LogP contribution in [-0.4, -0.2) is 136 Å². The number of aryl methyl sites for hydroxylation is 3. The predicted octanol–water partition coefficient (Wildman–Crippen LogP) is 21.4. The molecule has 18 rings (SSSR count). The van der Waals surface area contributed by atoms with Crippen LogP contribution in [0.2, 0.25) is 0 Å². The second kappa shape index (κ2) is 43.2. The molecule has 30 nitrogen and oxygen atoms in total. The summed E-state index contributed by atoms with van der Waals surface area (Å²) in [6.07, 6.45) is 9.33. The van der Waals surface area contributed by atoms with Crippen molar-refractivity contribution < 1.29 is 65.8 Å². The summed E-state index contributed by atoms with van der Waals surface area (Å²) >= 11 is 0. The van der Waals surface area contributed by atoms with Gasteiger partial charge < -0.3 is 46.5 Å². The first kappa shape index (κ1) is 102. The van der Waals surface area contributed by atoms with E-state index in [0.717, 1.165) is 184 Å². The molecule has 2 aliphatic carbocycles. The second-order valence-electron chi connectivity index (χ2n) is 34.3. The van der Waals surface area contributed by atoms with Crippen LogP contribution in [0.4, 0.5) is 28.4 Å². The first-order chi connectivity index (χ1) is 67.6. The summed E-state index contributed by atoms with van der Waals surface area (Å²) in [5.41, 5.74) is 19.2. The van der Waals surface area contributed by atoms with E-state index in [1.807, 2.05) is 178 Å². The fourth-order valence-corrected chi connectivity index (χ4v) is 22.0. The first-order valence-corrected chi connectivity index (χ1v) is 54.6. The molecule has 0 radical (unpaired) electrons. The largest absolute Gasteiger partial charge is 0.497 e. The van der Waals surface area contributed by atoms with Gasteiger partial charge in [0.05, 0.1) is 154 Å². The Morgan fingerprint density at radius 2 is 0.652 bits per heavy atom. The van der Waals surface area contributed by atoms with E-state index >= 15 is 0 Å². The summed E-state index contributed by atoms with van der Waals surface area (Å²) in [5, 5.41) is 53.2. The molecule has 141 heavy (non-hydrogen) atoms. The van der Waals surface area contributed by atoms with Crippen LogP contribution in [0.5, 0.6) is 28.7 Å². The molecule has 0 amide bonds. The second-order valence-corrected chi connectivity index (χ2v) is 44.3. The highest BCUT2D eigenvalue weighted by atomic mass is 32.2. The third kappa shape index (κ3) is 21.6. The molecule has 1 aliphatic heterocycles. The molecule has 5 aromatic heterocycles. The van der Waals surface area contributed by atoms with Gasteiger partial charge >= 0.3 is 0 Å². The average Bonchev–Trinajstić information content (AvgIpc) is 1.59. The maximum Gasteiger partial charge on any atom is 0.235 e. The summed E-state index contributed by atoms with van der Waals surface area (Å²) in [6.45, 7) is 15.2. The minimum Gasteiger partial charge on any atom is -0.497 e. The van der Waals surface area contributed by atoms with Crippen molar-refractivity contribution in [3.05, 3.63) is 240 Å². The summed E-state index contributed by atoms with van der Waals surface area (Å²) < 4.78 is 168. The van der Waals surface area contributed by atoms with Crippen LogP contribution in [0.3, 0.4) is 0 Å². The molecule has 6 heterocycles. The standard InChI is InChI=1S/C22H23N3O3S.2C21H21N3O3S.2C21H23N3O3S/c1-3-29(26,27)24-16-9-7-15(8-10-16)22-20(14-23)19-12-11-18(28-2)13-21(19)25(22)17-5-4-6-17;1-27-17-10-11-18-19(13-22)21(24(20(18)12-17)16-4-3-5-16)14-6-8-15(9-7-14)23-28(2,25)26;1-3-23-20-13-17(27-2)9-10-18(20)19(14-22)21(23)15-5-7-16(8-6-15)24-11-4-12-28(24,25)26;1-5-24-20-12-17(27-4)10-11-18(20)19(13-22)21(24)15-6-8-16(9-7-15)23-28(25,26)14(2)3;1-4-12-24-20-13-17(27-3)10-11-18(20)19(14-22)21(24)15-6-8-16(9-7-15)23-28(25,26)5-2/h7-13,17,24H,3-6H2,1-2H3;6-12,16,23H,3-5H2,1-2H3;5-10,13H,3-4,11-12H2,1-2H3;6-12,14,23H,5H2,1-4H3;6-11,13,23H,4-5,12H2,1-3H3. The minimum absolute atomic E-state index is 0.0138. The van der Waals surface area contributed by atoms with Crippen LogP contribution < -0.4 is 46.9 Å². The number of sulfonamides is 5. The molecule has 2 saturated carbocycles. The third-order valence-electron chi connectivity index (χ3n) is 25.4. The number of methoxy groups -OCH3 is 5. The molecule has 15 aromatic rings. The van der Waals surface area contributed by atoms with Crippen molar-refractivity contribution in [3.8, 4) is 115 Å². The molecule has 10 aromatic carbocycles. The van der Waals surface area contributed by atoms with E-state index in [1.54, 1.807) is 112 Å². The molecule has 3 aliphatic rings. The fourth-order valence-electron chi connectivity index (χ4n) is 17.9. The Morgan fingerprint density at radius 3 is 0.922 bits per heavy atom. The molecular weight excluding hydrogens is 1880 g/mol. The summed E-state index contributed by atoms with van der Waals surface area (Å²) in [6, 6.07) is 77.2. The van der Waals surface area contributed by atoms with Gasteiger partial charge in [0.2, 0.25) is 50.1 Å². The molecule has 35 heteroatoms. The Bertz CT molecular complexity index is 8060. The number of nitrogens with one attached hydrogen (secondary N) is 4. The lowest BCUT2D eigenvalue weighted by Gasteiger charge is -2.30. The first-order valence-electron chi connectivity index (χ1n) is 46.2. The lowest BCUT2D eigenvalue weighted by molar-refractivity contribution is 0.324. The van der Waals surface area contributed by atoms with Crippen LogP contribution >= 0.6 is 0 Å². The number of hydrogen-bond donors (Lipinski definition) is 4. The summed E-state index contributed by atoms with van der Waals surface area (Å²) in [5.74, 6) is 3.96. The third-order valence-corrected chi connectivity index (χ3v) is 32.3. The Morgan fingerprint density at radius 1 is 0.369 bits per heavy atom. The highest BCUT2D eigenvalue weighted by molar-refractivity contribution is 7.94. The van der Waals surface area contributed by atoms with Crippen LogP contribution in [0.1, 0.15) is 140 Å². The minimum atomic E-state index is -3.40. The summed E-state index contributed by atoms with van der Waals surface area (Å²) in [4.78, 5) is 0. The van der Waals surface area contributed by atoms with Gasteiger partial charge in [-0.2, -0.15) is 26.3 Å². The van der Waals surface area contributed by atoms with E-state index in [4.69, 9.17) is 23.7 Å². The number of rotatable bonds is 28. The number of nitrogens with zero attached hydrogens (tertiary/aromatic N) is 11. The molecule has 730 valence electrons. The smallest absolute Gasteiger partial charge is 0.235 e. The van der Waals surface area contributed by atoms with Crippen LogP contribution in [-0.2, 0) is 69.8 Å². The maximum absolute atomic E-state index is 12.2. The van der Waals surface area contributed by atoms with Crippen molar-refractivity contribution in [2.75, 3.05) is 88.8 Å². The van der Waals surface area contributed by atoms with Crippen molar-refractivity contribution >= 4 is 133 Å². The zero-order valence-corrected chi connectivity index (χ0v) is 84.7. The van der Waals surface area contributed by atoms with Crippen molar-refractivity contribution in [1.82, 2.24) is 22.8 Å². The Hall–Kier alpha value is -14.9. The Kier molecular flexibility index (Phi) is 31.3. The quantitative estimate of drug-likeness (QED) is 0.0354. The maximum atomic E-state index is 12.2. The number of aromatic nitrogens is 5. The van der Waals surface area contributed by atoms with Gasteiger partial charge in [0.1, 0.15) is 59.1 Å². The Labute approximate surface area is 823 Å². The van der Waals surface area contributed by atoms with Crippen LogP contribution in [0.25, 0.3) is 111 Å². The van der Waals surface area contributed by atoms with Gasteiger partial charge in [-0.1, -0.05) is 67.6 Å². The average molecular weight is 2000 g/mol. The SMILES string of the molecule is CCCn1c(-c2ccc(NS(=O)(=O)CC)cc2)c(C#N)c2ccc(OC)cc21.CCS(=O)(=O)Nc1ccc(-c2c(C#N)c3ccc(OC)cc3n2C2CCC2)cc1.CCn1c(-c2ccc(N3CCCS3(=O)=O)cc2)c(C#N)c2ccc(OC)cc21.CCn1c(-c2ccc(NS(=O)(=O)C(C)C)cc2)c(C#N)c2ccc(OC)cc21.COc1ccc2c(C#N)c(-c3ccc(NS(C)(=O)=O)cc3)n(C3CCC3)c2c1. The summed E-state index contributed by atoms with van der Waals surface area (Å²) in [7, 11) is -8.47. The molecule has 3 fully saturated rings. The number of nitriles is 5. The Balaban J connectivity index is 0.000000140. The van der Waals surface area contributed by atoms with E-state index in [1.165, 1.54) is 17.1 Å². The van der Waals surface area contributed by atoms with Gasteiger partial charge in [0.15, 0.2) is 0 Å². The van der Waals surface area contributed by atoms with E-state index in [9.17, 15) is 68.4 Å². The van der Waals surface area contributed by atoms with Gasteiger partial charge in [0, 0.05) is 118 Å². The highest BCUT2D eigenvalue weighted by Gasteiger charge is 2.33. The van der Waals surface area contributed by atoms with Gasteiger partial charge in [-0.15, -0.1) is 0 Å². The van der Waals surface area contributed by atoms with E-state index in [2.05, 4.69) is 79.0 Å². The van der Waals surface area contributed by atoms with Crippen molar-refractivity contribution in [3.63, 3.8) is 0 Å². The van der Waals surface area contributed by atoms with Gasteiger partial charge in [-0.05, 0) is 242 Å². The molecule has 4 N–H and O–H groups in total. The lowest BCUT2D eigenvalue weighted by atomic mass is 9.92. The molecule has 0 unspecified atom stereocenters. The highest BCUT2D eigenvalue weighted by Crippen LogP contribution is 2.48. The molecule has 0 spiro atoms. The fraction of sp³-hybridized carbons (Fsp3) is 0.292. The monoisotopic (exact) mass is 1990 g/mol. The van der Waals surface area contributed by atoms with E-state index in [-0.39, 0.29) is 17.3 Å². The van der Waals surface area contributed by atoms with Gasteiger partial charge in [0.25, 0.3) is 0 Å². The zero-order valence-electron chi connectivity index (χ0n) is 80.6. The number of ether oxygens (including phenoxy) is 5. The lowest BCUT2D eigenvalue weighted by Crippen LogP contribution is -2.24. The normalized spacial score (nSPS) is 13.5. The van der Waals surface area contributed by atoms with Crippen molar-refractivity contribution in [1.29, 1.82) is 26.3 Å². The number of fused-ring (bicyclic) bond motifs is 5. The zero-order chi connectivity index (χ0) is 101. The predicted molar refractivity (Wildman–Crippen MR) is 559 cm³/mol. The number of hydrogen-bond acceptors (Lipinski definition) is 20. The van der Waals surface area contributed by atoms with Crippen molar-refractivity contribution in [2.24, 2.45) is 0 Å². The van der Waals surface area contributed by atoms with E-state index in [0.29, 0.717) is 94.4 Å². The number of anilines is 5. The van der Waals surface area contributed by atoms with Gasteiger partial charge in [-0.25, -0.2) is 42.1 Å². The number of benzene rings is 10. The topological polar surface area (TPSA) is 412 Å². The van der Waals surface area contributed by atoms with Gasteiger partial charge in [-0.3, -0.25) is 23.2 Å². The molecular formula is C106H111N15O15S5.